The highest BCUT2D eigenvalue weighted by atomic mass is 16.2. The van der Waals surface area contributed by atoms with Gasteiger partial charge in [0.05, 0.1) is 17.5 Å². The number of fused-ring (bicyclic) bond motifs is 1. The van der Waals surface area contributed by atoms with Crippen molar-refractivity contribution in [3.63, 3.8) is 0 Å². The van der Waals surface area contributed by atoms with Crippen molar-refractivity contribution in [2.75, 3.05) is 0 Å². The SMILES string of the molecule is CC1(C)[C@H]2CC=C(/C=N\NC(=O)c3ccccc3-n3cccc3)[C@H]1C2. The molecule has 4 nitrogen and oxygen atoms in total. The predicted molar refractivity (Wildman–Crippen MR) is 99.8 cm³/mol. The van der Waals surface area contributed by atoms with Crippen LogP contribution in [0.15, 0.2) is 65.5 Å². The van der Waals surface area contributed by atoms with Crippen LogP contribution in [-0.2, 0) is 0 Å². The fourth-order valence-corrected chi connectivity index (χ4v) is 4.16. The molecule has 1 saturated carbocycles. The van der Waals surface area contributed by atoms with Gasteiger partial charge < -0.3 is 4.57 Å². The first kappa shape index (κ1) is 15.9. The van der Waals surface area contributed by atoms with Crippen LogP contribution < -0.4 is 5.43 Å². The maximum atomic E-state index is 12.6. The lowest BCUT2D eigenvalue weighted by Gasteiger charge is -2.55. The molecule has 4 heteroatoms. The van der Waals surface area contributed by atoms with Gasteiger partial charge in [0.1, 0.15) is 0 Å². The number of rotatable bonds is 4. The number of allylic oxidation sites excluding steroid dienone is 2. The topological polar surface area (TPSA) is 46.4 Å². The van der Waals surface area contributed by atoms with Crippen molar-refractivity contribution in [1.82, 2.24) is 9.99 Å². The molecular formula is C21H23N3O. The standard InChI is InChI=1S/C21H23N3O/c1-21(2)16-10-9-15(18(21)13-16)14-22-23-20(25)17-7-3-4-8-19(17)24-11-5-6-12-24/h3-9,11-12,14,16,18H,10,13H2,1-2H3,(H,23,25)/b22-14-/t16-,18+/m0/s1. The molecule has 1 aromatic heterocycles. The molecule has 2 atom stereocenters. The Labute approximate surface area is 148 Å². The van der Waals surface area contributed by atoms with E-state index in [1.807, 2.05) is 59.6 Å². The van der Waals surface area contributed by atoms with E-state index in [1.54, 1.807) is 0 Å². The molecule has 1 heterocycles. The van der Waals surface area contributed by atoms with Gasteiger partial charge in [-0.15, -0.1) is 0 Å². The summed E-state index contributed by atoms with van der Waals surface area (Å²) >= 11 is 0. The summed E-state index contributed by atoms with van der Waals surface area (Å²) in [6, 6.07) is 11.4. The highest BCUT2D eigenvalue weighted by Crippen LogP contribution is 2.58. The minimum absolute atomic E-state index is 0.192. The van der Waals surface area contributed by atoms with E-state index in [0.29, 0.717) is 16.9 Å². The Balaban J connectivity index is 1.48. The number of amides is 1. The number of aromatic nitrogens is 1. The third kappa shape index (κ3) is 2.72. The van der Waals surface area contributed by atoms with Crippen LogP contribution in [0.4, 0.5) is 0 Å². The van der Waals surface area contributed by atoms with Crippen molar-refractivity contribution < 1.29 is 4.79 Å². The Morgan fingerprint density at radius 1 is 1.24 bits per heavy atom. The van der Waals surface area contributed by atoms with Crippen LogP contribution in [0.5, 0.6) is 0 Å². The van der Waals surface area contributed by atoms with Crippen LogP contribution in [0.25, 0.3) is 5.69 Å². The van der Waals surface area contributed by atoms with E-state index in [0.717, 1.165) is 18.0 Å². The number of hydrogen-bond acceptors (Lipinski definition) is 2. The van der Waals surface area contributed by atoms with Gasteiger partial charge in [0, 0.05) is 12.4 Å². The van der Waals surface area contributed by atoms with Gasteiger partial charge >= 0.3 is 0 Å². The molecule has 3 aliphatic carbocycles. The van der Waals surface area contributed by atoms with Crippen molar-refractivity contribution in [2.24, 2.45) is 22.4 Å². The Morgan fingerprint density at radius 2 is 2.00 bits per heavy atom. The summed E-state index contributed by atoms with van der Waals surface area (Å²) in [7, 11) is 0. The molecule has 25 heavy (non-hydrogen) atoms. The minimum Gasteiger partial charge on any atom is -0.323 e. The predicted octanol–water partition coefficient (Wildman–Crippen LogP) is 4.19. The number of nitrogens with zero attached hydrogens (tertiary/aromatic N) is 2. The summed E-state index contributed by atoms with van der Waals surface area (Å²) in [5.41, 5.74) is 5.76. The minimum atomic E-state index is -0.192. The summed E-state index contributed by atoms with van der Waals surface area (Å²) in [5.74, 6) is 1.18. The second-order valence-corrected chi connectivity index (χ2v) is 7.55. The fraction of sp³-hybridized carbons (Fsp3) is 0.333. The lowest BCUT2D eigenvalue weighted by molar-refractivity contribution is -0.00126. The van der Waals surface area contributed by atoms with Gasteiger partial charge in [-0.3, -0.25) is 4.79 Å². The zero-order valence-electron chi connectivity index (χ0n) is 14.6. The third-order valence-corrected chi connectivity index (χ3v) is 5.92. The maximum absolute atomic E-state index is 12.6. The molecule has 1 amide bonds. The zero-order chi connectivity index (χ0) is 17.4. The lowest BCUT2D eigenvalue weighted by Crippen LogP contribution is -2.48. The zero-order valence-corrected chi connectivity index (χ0v) is 14.6. The molecule has 0 saturated heterocycles. The smallest absolute Gasteiger partial charge is 0.273 e. The first-order valence-electron chi connectivity index (χ1n) is 8.83. The molecular weight excluding hydrogens is 310 g/mol. The van der Waals surface area contributed by atoms with E-state index in [9.17, 15) is 4.79 Å². The molecule has 0 unspecified atom stereocenters. The van der Waals surface area contributed by atoms with Gasteiger partial charge in [0.15, 0.2) is 0 Å². The molecule has 128 valence electrons. The van der Waals surface area contributed by atoms with Crippen LogP contribution >= 0.6 is 0 Å². The van der Waals surface area contributed by atoms with Crippen molar-refractivity contribution in [2.45, 2.75) is 26.7 Å². The highest BCUT2D eigenvalue weighted by Gasteiger charge is 2.50. The molecule has 2 bridgehead atoms. The van der Waals surface area contributed by atoms with E-state index in [-0.39, 0.29) is 5.91 Å². The average Bonchev–Trinajstić information content (AvgIpc) is 3.16. The molecule has 3 aliphatic rings. The highest BCUT2D eigenvalue weighted by molar-refractivity contribution is 5.98. The Hall–Kier alpha value is -2.62. The third-order valence-electron chi connectivity index (χ3n) is 5.92. The molecule has 0 spiro atoms. The van der Waals surface area contributed by atoms with Crippen molar-refractivity contribution in [3.05, 3.63) is 66.0 Å². The van der Waals surface area contributed by atoms with E-state index in [2.05, 4.69) is 30.5 Å². The average molecular weight is 333 g/mol. The van der Waals surface area contributed by atoms with E-state index < -0.39 is 0 Å². The molecule has 1 fully saturated rings. The van der Waals surface area contributed by atoms with E-state index in [4.69, 9.17) is 0 Å². The second kappa shape index (κ2) is 6.03. The van der Waals surface area contributed by atoms with Gasteiger partial charge in [0.25, 0.3) is 5.91 Å². The molecule has 1 N–H and O–H groups in total. The van der Waals surface area contributed by atoms with Gasteiger partial charge in [-0.2, -0.15) is 5.10 Å². The molecule has 1 aromatic carbocycles. The van der Waals surface area contributed by atoms with Crippen molar-refractivity contribution >= 4 is 12.1 Å². The quantitative estimate of drug-likeness (QED) is 0.662. The van der Waals surface area contributed by atoms with E-state index in [1.165, 1.54) is 12.0 Å². The van der Waals surface area contributed by atoms with Gasteiger partial charge in [-0.1, -0.05) is 32.1 Å². The summed E-state index contributed by atoms with van der Waals surface area (Å²) in [6.07, 6.45) is 10.3. The van der Waals surface area contributed by atoms with Crippen molar-refractivity contribution in [3.8, 4) is 5.69 Å². The number of carbonyl (C=O) groups excluding carboxylic acids is 1. The number of carbonyl (C=O) groups is 1. The number of para-hydroxylation sites is 1. The molecule has 0 radical (unpaired) electrons. The van der Waals surface area contributed by atoms with Crippen LogP contribution in [0.2, 0.25) is 0 Å². The fourth-order valence-electron chi connectivity index (χ4n) is 4.16. The summed E-state index contributed by atoms with van der Waals surface area (Å²) < 4.78 is 1.93. The molecule has 2 aromatic rings. The number of benzene rings is 1. The number of nitrogens with one attached hydrogen (secondary N) is 1. The van der Waals surface area contributed by atoms with Crippen LogP contribution in [0.1, 0.15) is 37.0 Å². The van der Waals surface area contributed by atoms with Crippen LogP contribution in [0, 0.1) is 17.3 Å². The van der Waals surface area contributed by atoms with Crippen LogP contribution in [0.3, 0.4) is 0 Å². The lowest BCUT2D eigenvalue weighted by atomic mass is 9.49. The van der Waals surface area contributed by atoms with Gasteiger partial charge in [-0.05, 0) is 59.9 Å². The first-order chi connectivity index (χ1) is 12.1. The van der Waals surface area contributed by atoms with E-state index >= 15 is 0 Å². The first-order valence-corrected chi connectivity index (χ1v) is 8.83. The normalized spacial score (nSPS) is 23.8. The van der Waals surface area contributed by atoms with Crippen LogP contribution in [-0.4, -0.2) is 16.7 Å². The maximum Gasteiger partial charge on any atom is 0.273 e. The second-order valence-electron chi connectivity index (χ2n) is 7.55. The number of hydrazone groups is 1. The summed E-state index contributed by atoms with van der Waals surface area (Å²) in [4.78, 5) is 12.6. The Kier molecular flexibility index (Phi) is 3.83. The van der Waals surface area contributed by atoms with Gasteiger partial charge in [0.2, 0.25) is 0 Å². The summed E-state index contributed by atoms with van der Waals surface area (Å²) in [6.45, 7) is 4.66. The monoisotopic (exact) mass is 333 g/mol. The summed E-state index contributed by atoms with van der Waals surface area (Å²) in [5, 5.41) is 4.23. The number of hydrogen-bond donors (Lipinski definition) is 1. The molecule has 5 rings (SSSR count). The Morgan fingerprint density at radius 3 is 2.72 bits per heavy atom. The molecule has 0 aliphatic heterocycles. The largest absolute Gasteiger partial charge is 0.323 e. The van der Waals surface area contributed by atoms with Crippen molar-refractivity contribution in [1.29, 1.82) is 0 Å². The Bertz CT molecular complexity index is 846. The van der Waals surface area contributed by atoms with Gasteiger partial charge in [-0.25, -0.2) is 5.43 Å².